The molecule has 2 heterocycles. The average molecular weight is 422 g/mol. The Morgan fingerprint density at radius 3 is 2.50 bits per heavy atom. The largest absolute Gasteiger partial charge is 0.455 e. The fourth-order valence-corrected chi connectivity index (χ4v) is 4.41. The lowest BCUT2D eigenvalue weighted by molar-refractivity contribution is -0.667. The van der Waals surface area contributed by atoms with Crippen molar-refractivity contribution >= 4 is 21.9 Å². The van der Waals surface area contributed by atoms with Gasteiger partial charge in [0.15, 0.2) is 5.69 Å². The summed E-state index contributed by atoms with van der Waals surface area (Å²) in [6.45, 7) is 3.08. The van der Waals surface area contributed by atoms with E-state index in [1.165, 1.54) is 0 Å². The summed E-state index contributed by atoms with van der Waals surface area (Å²) in [5.74, 6) is 0. The zero-order valence-corrected chi connectivity index (χ0v) is 18.5. The highest BCUT2D eigenvalue weighted by atomic mass is 16.3. The second-order valence-corrected chi connectivity index (χ2v) is 8.23. The molecule has 0 saturated carbocycles. The van der Waals surface area contributed by atoms with Gasteiger partial charge in [-0.2, -0.15) is 9.83 Å². The van der Waals surface area contributed by atoms with Gasteiger partial charge < -0.3 is 4.42 Å². The number of nitrogens with zero attached hydrogens (tertiary/aromatic N) is 2. The van der Waals surface area contributed by atoms with Crippen LogP contribution in [0.2, 0.25) is 0 Å². The van der Waals surface area contributed by atoms with Crippen molar-refractivity contribution in [3.63, 3.8) is 0 Å². The summed E-state index contributed by atoms with van der Waals surface area (Å²) < 4.78 is 41.2. The number of furan rings is 1. The van der Waals surface area contributed by atoms with E-state index in [0.29, 0.717) is 33.7 Å². The Kier molecular flexibility index (Phi) is 3.64. The van der Waals surface area contributed by atoms with Gasteiger partial charge in [0.05, 0.1) is 18.6 Å². The molecule has 2 aromatic heterocycles. The molecule has 5 rings (SSSR count). The van der Waals surface area contributed by atoms with Crippen LogP contribution in [0, 0.1) is 39.0 Å². The van der Waals surface area contributed by atoms with Gasteiger partial charge >= 0.3 is 0 Å². The van der Waals surface area contributed by atoms with E-state index in [9.17, 15) is 5.26 Å². The minimum Gasteiger partial charge on any atom is -0.455 e. The topological polar surface area (TPSA) is 40.8 Å². The summed E-state index contributed by atoms with van der Waals surface area (Å²) in [7, 11) is 1.78. The Bertz CT molecular complexity index is 1700. The first kappa shape index (κ1) is 15.8. The molecule has 156 valence electrons. The lowest BCUT2D eigenvalue weighted by Crippen LogP contribution is -2.36. The zero-order chi connectivity index (χ0) is 25.9. The van der Waals surface area contributed by atoms with Crippen LogP contribution in [0.25, 0.3) is 44.3 Å². The summed E-state index contributed by atoms with van der Waals surface area (Å²) in [5, 5.41) is 11.5. The Balaban J connectivity index is 1.88. The molecule has 0 radical (unpaired) electrons. The van der Waals surface area contributed by atoms with Gasteiger partial charge in [0.1, 0.15) is 18.2 Å². The van der Waals surface area contributed by atoms with Crippen molar-refractivity contribution < 1.29 is 14.5 Å². The van der Waals surface area contributed by atoms with Crippen LogP contribution in [-0.4, -0.2) is 0 Å². The zero-order valence-electron chi connectivity index (χ0n) is 22.5. The molecule has 5 aromatic rings. The molecular weight excluding hydrogens is 392 g/mol. The predicted octanol–water partition coefficient (Wildman–Crippen LogP) is 6.85. The first-order valence-electron chi connectivity index (χ1n) is 12.5. The third-order valence-electron chi connectivity index (χ3n) is 6.30. The van der Waals surface area contributed by atoms with Crippen LogP contribution in [-0.2, 0) is 7.05 Å². The Labute approximate surface area is 193 Å². The summed E-state index contributed by atoms with van der Waals surface area (Å²) >= 11 is 0. The van der Waals surface area contributed by atoms with Crippen LogP contribution in [0.3, 0.4) is 0 Å². The first-order valence-corrected chi connectivity index (χ1v) is 10.5. The molecule has 0 aliphatic heterocycles. The molecular formula is C29H25N2O+. The maximum Gasteiger partial charge on any atom is 0.216 e. The smallest absolute Gasteiger partial charge is 0.216 e. The molecule has 0 bridgehead atoms. The number of aromatic nitrogens is 1. The second-order valence-electron chi connectivity index (χ2n) is 8.23. The van der Waals surface area contributed by atoms with Gasteiger partial charge in [0.25, 0.3) is 0 Å². The van der Waals surface area contributed by atoms with E-state index < -0.39 is 6.85 Å². The number of nitriles is 1. The molecule has 0 N–H and O–H groups in total. The van der Waals surface area contributed by atoms with Crippen molar-refractivity contribution in [1.82, 2.24) is 0 Å². The first-order chi connectivity index (χ1) is 17.0. The van der Waals surface area contributed by atoms with Crippen molar-refractivity contribution in [3.8, 4) is 28.5 Å². The van der Waals surface area contributed by atoms with E-state index in [2.05, 4.69) is 6.07 Å². The van der Waals surface area contributed by atoms with E-state index in [4.69, 9.17) is 9.90 Å². The quantitative estimate of drug-likeness (QED) is 0.292. The lowest BCUT2D eigenvalue weighted by atomic mass is 9.96. The second kappa shape index (κ2) is 7.35. The number of hydrogen-bond donors (Lipinski definition) is 0. The van der Waals surface area contributed by atoms with E-state index >= 15 is 0 Å². The minimum atomic E-state index is -2.32. The van der Waals surface area contributed by atoms with Crippen molar-refractivity contribution in [2.24, 2.45) is 7.05 Å². The van der Waals surface area contributed by atoms with Crippen molar-refractivity contribution in [2.45, 2.75) is 27.6 Å². The maximum atomic E-state index is 10.0. The number of aryl methyl sites for hydroxylation is 1. The van der Waals surface area contributed by atoms with E-state index in [-0.39, 0.29) is 11.6 Å². The summed E-state index contributed by atoms with van der Waals surface area (Å²) in [4.78, 5) is 0. The van der Waals surface area contributed by atoms with E-state index in [0.717, 1.165) is 33.0 Å². The summed E-state index contributed by atoms with van der Waals surface area (Å²) in [6, 6.07) is 20.0. The number of benzene rings is 3. The van der Waals surface area contributed by atoms with Crippen LogP contribution in [0.15, 0.2) is 65.1 Å². The monoisotopic (exact) mass is 421 g/mol. The average Bonchev–Trinajstić information content (AvgIpc) is 3.22. The van der Waals surface area contributed by atoms with Gasteiger partial charge in [-0.3, -0.25) is 0 Å². The van der Waals surface area contributed by atoms with Gasteiger partial charge in [-0.15, -0.1) is 0 Å². The fourth-order valence-electron chi connectivity index (χ4n) is 4.41. The number of hydrogen-bond acceptors (Lipinski definition) is 2. The van der Waals surface area contributed by atoms with Crippen LogP contribution in [0.4, 0.5) is 0 Å². The highest BCUT2D eigenvalue weighted by molar-refractivity contribution is 6.12. The van der Waals surface area contributed by atoms with Crippen molar-refractivity contribution in [3.05, 3.63) is 88.6 Å². The van der Waals surface area contributed by atoms with E-state index in [1.54, 1.807) is 25.5 Å². The third kappa shape index (κ3) is 2.92. The van der Waals surface area contributed by atoms with Gasteiger partial charge in [0, 0.05) is 33.4 Å². The molecule has 0 atom stereocenters. The lowest BCUT2D eigenvalue weighted by Gasteiger charge is -2.10. The third-order valence-corrected chi connectivity index (χ3v) is 6.30. The normalized spacial score (nSPS) is 13.5. The highest BCUT2D eigenvalue weighted by Crippen LogP contribution is 2.40. The van der Waals surface area contributed by atoms with Crippen molar-refractivity contribution in [1.29, 1.82) is 5.26 Å². The number of rotatable bonds is 2. The van der Waals surface area contributed by atoms with E-state index in [1.807, 2.05) is 61.5 Å². The summed E-state index contributed by atoms with van der Waals surface area (Å²) in [6.07, 6.45) is 0. The maximum absolute atomic E-state index is 10.0. The van der Waals surface area contributed by atoms with Crippen molar-refractivity contribution in [2.75, 3.05) is 0 Å². The van der Waals surface area contributed by atoms with Crippen LogP contribution < -0.4 is 4.57 Å². The summed E-state index contributed by atoms with van der Waals surface area (Å²) in [5.41, 5.74) is 6.98. The molecule has 0 unspecified atom stereocenters. The SMILES string of the molecule is [2H]c1c(C)c(C([2H])([2H])[2H])c(C)[n+](C)c1-c1c(C)ccc2c1oc1cc(-c3ccccc3)cc(C#N)c12. The molecule has 3 aromatic carbocycles. The fraction of sp³-hybridized carbons (Fsp3) is 0.172. The molecule has 0 aliphatic rings. The number of fused-ring (bicyclic) bond motifs is 3. The van der Waals surface area contributed by atoms with Gasteiger partial charge in [-0.1, -0.05) is 42.5 Å². The minimum absolute atomic E-state index is 0.149. The van der Waals surface area contributed by atoms with Gasteiger partial charge in [-0.05, 0) is 55.1 Å². The molecule has 3 heteroatoms. The Morgan fingerprint density at radius 2 is 1.78 bits per heavy atom. The molecule has 0 aliphatic carbocycles. The molecule has 0 spiro atoms. The standard InChI is InChI=1S/C29H25N2O/c1-17-11-12-24-28-23(16-30)14-22(21-9-7-6-8-10-21)15-26(28)32-29(24)27(17)25-13-18(2)19(3)20(4)31(25)5/h6-15H,1-5H3/q+1/i3D3,13D. The van der Waals surface area contributed by atoms with Crippen LogP contribution in [0.5, 0.6) is 0 Å². The Hall–Kier alpha value is -3.90. The molecule has 0 saturated heterocycles. The predicted molar refractivity (Wildman–Crippen MR) is 129 cm³/mol. The molecule has 32 heavy (non-hydrogen) atoms. The molecule has 0 fully saturated rings. The van der Waals surface area contributed by atoms with Gasteiger partial charge in [-0.25, -0.2) is 0 Å². The molecule has 3 nitrogen and oxygen atoms in total. The highest BCUT2D eigenvalue weighted by Gasteiger charge is 2.24. The van der Waals surface area contributed by atoms with Gasteiger partial charge in [0.2, 0.25) is 5.69 Å². The van der Waals surface area contributed by atoms with Crippen LogP contribution in [0.1, 0.15) is 33.4 Å². The molecule has 0 amide bonds. The van der Waals surface area contributed by atoms with Crippen LogP contribution >= 0.6 is 0 Å². The Morgan fingerprint density at radius 1 is 1.00 bits per heavy atom. The number of pyridine rings is 1.